The van der Waals surface area contributed by atoms with Crippen LogP contribution in [0.4, 0.5) is 5.69 Å². The highest BCUT2D eigenvalue weighted by Crippen LogP contribution is 2.33. The number of carbonyl (C=O) groups is 2. The van der Waals surface area contributed by atoms with E-state index in [1.54, 1.807) is 17.6 Å². The predicted octanol–water partition coefficient (Wildman–Crippen LogP) is 1.80. The van der Waals surface area contributed by atoms with Gasteiger partial charge in [0, 0.05) is 12.1 Å². The minimum absolute atomic E-state index is 0.306. The number of anilines is 1. The summed E-state index contributed by atoms with van der Waals surface area (Å²) >= 11 is 1.21. The maximum Gasteiger partial charge on any atom is 0.327 e. The van der Waals surface area contributed by atoms with Gasteiger partial charge in [-0.3, -0.25) is 14.7 Å². The van der Waals surface area contributed by atoms with E-state index in [2.05, 4.69) is 4.98 Å². The van der Waals surface area contributed by atoms with Crippen molar-refractivity contribution in [3.63, 3.8) is 0 Å². The van der Waals surface area contributed by atoms with E-state index in [1.165, 1.54) is 22.4 Å². The molecule has 1 amide bonds. The van der Waals surface area contributed by atoms with Crippen LogP contribution < -0.4 is 4.90 Å². The Morgan fingerprint density at radius 1 is 1.37 bits per heavy atom. The van der Waals surface area contributed by atoms with E-state index in [4.69, 9.17) is 0 Å². The zero-order chi connectivity index (χ0) is 13.4. The highest BCUT2D eigenvalue weighted by Gasteiger charge is 2.38. The summed E-state index contributed by atoms with van der Waals surface area (Å²) in [7, 11) is 0. The van der Waals surface area contributed by atoms with Gasteiger partial charge in [0.2, 0.25) is 0 Å². The van der Waals surface area contributed by atoms with Crippen molar-refractivity contribution in [2.45, 2.75) is 12.5 Å². The molecule has 0 fully saturated rings. The summed E-state index contributed by atoms with van der Waals surface area (Å²) in [5.41, 5.74) is 3.12. The van der Waals surface area contributed by atoms with E-state index in [9.17, 15) is 14.7 Å². The molecule has 1 aliphatic rings. The average molecular weight is 274 g/mol. The van der Waals surface area contributed by atoms with Crippen LogP contribution in [0.15, 0.2) is 36.0 Å². The fraction of sp³-hybridized carbons (Fsp3) is 0.154. The van der Waals surface area contributed by atoms with Crippen LogP contribution in [0.5, 0.6) is 0 Å². The predicted molar refractivity (Wildman–Crippen MR) is 70.5 cm³/mol. The molecule has 19 heavy (non-hydrogen) atoms. The van der Waals surface area contributed by atoms with Crippen molar-refractivity contribution in [3.8, 4) is 0 Å². The lowest BCUT2D eigenvalue weighted by atomic mass is 10.1. The van der Waals surface area contributed by atoms with Crippen LogP contribution in [0.2, 0.25) is 0 Å². The summed E-state index contributed by atoms with van der Waals surface area (Å²) in [4.78, 5) is 29.4. The lowest BCUT2D eigenvalue weighted by Gasteiger charge is -2.21. The molecule has 0 saturated carbocycles. The lowest BCUT2D eigenvalue weighted by molar-refractivity contribution is -0.138. The molecule has 1 atom stereocenters. The van der Waals surface area contributed by atoms with Gasteiger partial charge in [-0.05, 0) is 11.6 Å². The molecule has 0 saturated heterocycles. The second kappa shape index (κ2) is 4.47. The Morgan fingerprint density at radius 2 is 2.16 bits per heavy atom. The van der Waals surface area contributed by atoms with Crippen LogP contribution in [-0.2, 0) is 11.2 Å². The van der Waals surface area contributed by atoms with Gasteiger partial charge in [-0.1, -0.05) is 18.2 Å². The molecule has 0 aliphatic carbocycles. The van der Waals surface area contributed by atoms with Gasteiger partial charge in [-0.15, -0.1) is 11.3 Å². The summed E-state index contributed by atoms with van der Waals surface area (Å²) < 4.78 is 0. The van der Waals surface area contributed by atoms with Gasteiger partial charge in [0.25, 0.3) is 5.91 Å². The van der Waals surface area contributed by atoms with Crippen molar-refractivity contribution in [2.24, 2.45) is 0 Å². The molecule has 1 aromatic carbocycles. The number of benzene rings is 1. The number of aromatic nitrogens is 1. The average Bonchev–Trinajstić information content (AvgIpc) is 3.05. The Labute approximate surface area is 113 Å². The summed E-state index contributed by atoms with van der Waals surface area (Å²) in [6.45, 7) is 0. The quantitative estimate of drug-likeness (QED) is 0.906. The summed E-state index contributed by atoms with van der Waals surface area (Å²) in [6, 6.07) is 6.43. The molecule has 0 spiro atoms. The third kappa shape index (κ3) is 1.90. The topological polar surface area (TPSA) is 70.5 Å². The highest BCUT2D eigenvalue weighted by atomic mass is 32.1. The van der Waals surface area contributed by atoms with Crippen LogP contribution in [0.25, 0.3) is 0 Å². The normalized spacial score (nSPS) is 17.3. The number of hydrogen-bond donors (Lipinski definition) is 1. The maximum absolute atomic E-state index is 12.4. The van der Waals surface area contributed by atoms with Crippen LogP contribution >= 0.6 is 11.3 Å². The number of carbonyl (C=O) groups excluding carboxylic acids is 1. The summed E-state index contributed by atoms with van der Waals surface area (Å²) in [6.07, 6.45) is 1.81. The van der Waals surface area contributed by atoms with Gasteiger partial charge in [-0.25, -0.2) is 4.79 Å². The van der Waals surface area contributed by atoms with E-state index in [-0.39, 0.29) is 5.91 Å². The van der Waals surface area contributed by atoms with Crippen LogP contribution in [-0.4, -0.2) is 28.0 Å². The number of aliphatic carboxylic acids is 1. The molecule has 2 heterocycles. The molecule has 6 heteroatoms. The van der Waals surface area contributed by atoms with Gasteiger partial charge in [0.1, 0.15) is 10.9 Å². The zero-order valence-corrected chi connectivity index (χ0v) is 10.6. The van der Waals surface area contributed by atoms with Crippen LogP contribution in [0.3, 0.4) is 0 Å². The second-order valence-corrected chi connectivity index (χ2v) is 5.11. The molecule has 5 nitrogen and oxygen atoms in total. The number of amides is 1. The smallest absolute Gasteiger partial charge is 0.327 e. The Hall–Kier alpha value is -2.21. The van der Waals surface area contributed by atoms with Crippen molar-refractivity contribution in [1.29, 1.82) is 0 Å². The number of rotatable bonds is 2. The second-order valence-electron chi connectivity index (χ2n) is 4.23. The Kier molecular flexibility index (Phi) is 2.79. The van der Waals surface area contributed by atoms with Crippen molar-refractivity contribution in [3.05, 3.63) is 46.4 Å². The number of hydrogen-bond acceptors (Lipinski definition) is 4. The van der Waals surface area contributed by atoms with Gasteiger partial charge in [0.15, 0.2) is 0 Å². The van der Waals surface area contributed by atoms with Crippen LogP contribution in [0, 0.1) is 0 Å². The van der Waals surface area contributed by atoms with E-state index >= 15 is 0 Å². The number of para-hydroxylation sites is 1. The summed E-state index contributed by atoms with van der Waals surface area (Å²) in [5, 5.41) is 9.30. The van der Waals surface area contributed by atoms with E-state index < -0.39 is 12.0 Å². The number of fused-ring (bicyclic) bond motifs is 1. The molecule has 96 valence electrons. The van der Waals surface area contributed by atoms with Gasteiger partial charge < -0.3 is 5.11 Å². The standard InChI is InChI=1S/C13H10N2O3S/c16-12(11-6-14-7-19-11)15-9-4-2-1-3-8(9)5-10(15)13(17)18/h1-4,6-7,10H,5H2,(H,17,18). The number of carboxylic acids is 1. The minimum Gasteiger partial charge on any atom is -0.480 e. The monoisotopic (exact) mass is 274 g/mol. The first-order valence-corrected chi connectivity index (χ1v) is 6.59. The van der Waals surface area contributed by atoms with Crippen molar-refractivity contribution in [1.82, 2.24) is 4.98 Å². The van der Waals surface area contributed by atoms with E-state index in [0.717, 1.165) is 5.56 Å². The first-order valence-electron chi connectivity index (χ1n) is 5.71. The molecule has 2 aromatic rings. The first-order chi connectivity index (χ1) is 9.18. The van der Waals surface area contributed by atoms with Gasteiger partial charge in [0.05, 0.1) is 11.7 Å². The number of thiazole rings is 1. The fourth-order valence-corrected chi connectivity index (χ4v) is 2.83. The molecular weight excluding hydrogens is 264 g/mol. The third-order valence-corrected chi connectivity index (χ3v) is 3.88. The van der Waals surface area contributed by atoms with Crippen molar-refractivity contribution < 1.29 is 14.7 Å². The lowest BCUT2D eigenvalue weighted by Crippen LogP contribution is -2.42. The molecule has 1 N–H and O–H groups in total. The Morgan fingerprint density at radius 3 is 2.84 bits per heavy atom. The molecular formula is C13H10N2O3S. The molecule has 1 aliphatic heterocycles. The molecule has 0 radical (unpaired) electrons. The Balaban J connectivity index is 2.05. The first kappa shape index (κ1) is 11.9. The van der Waals surface area contributed by atoms with Gasteiger partial charge in [-0.2, -0.15) is 0 Å². The summed E-state index contributed by atoms with van der Waals surface area (Å²) in [5.74, 6) is -1.30. The van der Waals surface area contributed by atoms with Crippen LogP contribution in [0.1, 0.15) is 15.2 Å². The SMILES string of the molecule is O=C(O)C1Cc2ccccc2N1C(=O)c1cncs1. The van der Waals surface area contributed by atoms with Gasteiger partial charge >= 0.3 is 5.97 Å². The molecule has 3 rings (SSSR count). The number of carboxylic acid groups (broad SMARTS) is 1. The number of nitrogens with zero attached hydrogens (tertiary/aromatic N) is 2. The zero-order valence-electron chi connectivity index (χ0n) is 9.81. The van der Waals surface area contributed by atoms with E-state index in [0.29, 0.717) is 17.0 Å². The molecule has 1 unspecified atom stereocenters. The largest absolute Gasteiger partial charge is 0.480 e. The minimum atomic E-state index is -0.992. The van der Waals surface area contributed by atoms with E-state index in [1.807, 2.05) is 12.1 Å². The Bertz CT molecular complexity index is 639. The molecule has 0 bridgehead atoms. The highest BCUT2D eigenvalue weighted by molar-refractivity contribution is 7.11. The van der Waals surface area contributed by atoms with Crippen molar-refractivity contribution >= 4 is 28.9 Å². The van der Waals surface area contributed by atoms with Crippen molar-refractivity contribution in [2.75, 3.05) is 4.90 Å². The maximum atomic E-state index is 12.4. The molecule has 1 aromatic heterocycles. The third-order valence-electron chi connectivity index (χ3n) is 3.12. The fourth-order valence-electron chi connectivity index (χ4n) is 2.27.